The molecular formula is C36H42N2O2. The smallest absolute Gasteiger partial charge is 0.312 e. The number of anilines is 1. The van der Waals surface area contributed by atoms with Gasteiger partial charge in [0.2, 0.25) is 0 Å². The average Bonchev–Trinajstić information content (AvgIpc) is 3.27. The largest absolute Gasteiger partial charge is 0.469 e. The molecule has 1 saturated carbocycles. The van der Waals surface area contributed by atoms with E-state index in [1.165, 1.54) is 44.4 Å². The summed E-state index contributed by atoms with van der Waals surface area (Å²) in [6, 6.07) is 24.5. The molecular weight excluding hydrogens is 492 g/mol. The van der Waals surface area contributed by atoms with Crippen LogP contribution in [0.25, 0.3) is 22.2 Å². The van der Waals surface area contributed by atoms with Crippen LogP contribution in [0.4, 0.5) is 5.69 Å². The van der Waals surface area contributed by atoms with Crippen LogP contribution in [0.3, 0.4) is 0 Å². The van der Waals surface area contributed by atoms with Gasteiger partial charge in [0.05, 0.1) is 18.2 Å². The molecule has 0 spiro atoms. The summed E-state index contributed by atoms with van der Waals surface area (Å²) in [5, 5.41) is 4.91. The molecule has 0 saturated heterocycles. The van der Waals surface area contributed by atoms with Crippen molar-refractivity contribution in [3.05, 3.63) is 89.0 Å². The number of nitrogens with zero attached hydrogens (tertiary/aromatic N) is 1. The Balaban J connectivity index is 1.59. The Hall–Kier alpha value is -3.53. The molecule has 1 unspecified atom stereocenters. The zero-order valence-electron chi connectivity index (χ0n) is 24.8. The lowest BCUT2D eigenvalue weighted by Gasteiger charge is -2.54. The van der Waals surface area contributed by atoms with Gasteiger partial charge in [0.1, 0.15) is 0 Å². The molecule has 40 heavy (non-hydrogen) atoms. The molecule has 2 aliphatic rings. The van der Waals surface area contributed by atoms with Gasteiger partial charge in [-0.1, -0.05) is 75.2 Å². The maximum atomic E-state index is 13.6. The monoisotopic (exact) mass is 534 g/mol. The van der Waals surface area contributed by atoms with Crippen molar-refractivity contribution >= 4 is 22.6 Å². The third kappa shape index (κ3) is 3.98. The number of ether oxygens (including phenoxy) is 1. The summed E-state index contributed by atoms with van der Waals surface area (Å²) in [5.41, 5.74) is 9.55. The SMILES string of the molecule is COC(=O)[C@]1(C)CCC[C@]2(C)c3ccc(C(C)C)cc3-c3c(c4ccccc4n3CCNc3ccc(C)cc3)C12. The highest BCUT2D eigenvalue weighted by Crippen LogP contribution is 2.65. The third-order valence-electron chi connectivity index (χ3n) is 9.91. The molecule has 1 aromatic heterocycles. The van der Waals surface area contributed by atoms with E-state index < -0.39 is 5.41 Å². The lowest BCUT2D eigenvalue weighted by molar-refractivity contribution is -0.157. The van der Waals surface area contributed by atoms with E-state index in [0.29, 0.717) is 5.92 Å². The molecule has 4 heteroatoms. The van der Waals surface area contributed by atoms with Crippen molar-refractivity contribution in [2.45, 2.75) is 77.7 Å². The van der Waals surface area contributed by atoms with Crippen molar-refractivity contribution in [1.29, 1.82) is 0 Å². The fourth-order valence-corrected chi connectivity index (χ4v) is 7.94. The number of aromatic nitrogens is 1. The molecule has 0 radical (unpaired) electrons. The molecule has 2 aliphatic carbocycles. The third-order valence-corrected chi connectivity index (χ3v) is 9.91. The van der Waals surface area contributed by atoms with Crippen LogP contribution in [0.15, 0.2) is 66.7 Å². The number of methoxy groups -OCH3 is 1. The second-order valence-electron chi connectivity index (χ2n) is 12.8. The van der Waals surface area contributed by atoms with Gasteiger partial charge in [-0.3, -0.25) is 4.79 Å². The molecule has 4 nitrogen and oxygen atoms in total. The van der Waals surface area contributed by atoms with Crippen molar-refractivity contribution in [3.63, 3.8) is 0 Å². The van der Waals surface area contributed by atoms with E-state index in [-0.39, 0.29) is 17.3 Å². The predicted molar refractivity (Wildman–Crippen MR) is 165 cm³/mol. The Bertz CT molecular complexity index is 1580. The number of carbonyl (C=O) groups excluding carboxylic acids is 1. The van der Waals surface area contributed by atoms with E-state index in [9.17, 15) is 4.79 Å². The molecule has 0 amide bonds. The maximum Gasteiger partial charge on any atom is 0.312 e. The highest BCUT2D eigenvalue weighted by atomic mass is 16.5. The summed E-state index contributed by atoms with van der Waals surface area (Å²) in [7, 11) is 1.55. The van der Waals surface area contributed by atoms with Gasteiger partial charge in [-0.2, -0.15) is 0 Å². The number of fused-ring (bicyclic) bond motifs is 8. The number of hydrogen-bond donors (Lipinski definition) is 1. The minimum atomic E-state index is -0.597. The van der Waals surface area contributed by atoms with Gasteiger partial charge in [0.25, 0.3) is 0 Å². The zero-order chi connectivity index (χ0) is 28.2. The second-order valence-corrected chi connectivity index (χ2v) is 12.8. The van der Waals surface area contributed by atoms with Gasteiger partial charge >= 0.3 is 5.97 Å². The lowest BCUT2D eigenvalue weighted by Crippen LogP contribution is -2.50. The van der Waals surface area contributed by atoms with E-state index in [2.05, 4.69) is 111 Å². The average molecular weight is 535 g/mol. The Morgan fingerprint density at radius 1 is 1.05 bits per heavy atom. The molecule has 6 rings (SSSR count). The standard InChI is InChI=1S/C36H42N2O2/c1-23(2)25-14-17-29-28(22-25)32-31(33-35(29,4)18-9-19-36(33,5)34(39)40-6)27-10-7-8-11-30(27)38(32)21-20-37-26-15-12-24(3)13-16-26/h7-8,10-17,22-23,33,37H,9,18-21H2,1-6H3/t33?,35-,36-/m1/s1. The first kappa shape index (κ1) is 26.7. The minimum absolute atomic E-state index is 0.0322. The number of carbonyl (C=O) groups is 1. The highest BCUT2D eigenvalue weighted by Gasteiger charge is 2.58. The summed E-state index contributed by atoms with van der Waals surface area (Å²) in [6.45, 7) is 12.9. The van der Waals surface area contributed by atoms with Gasteiger partial charge in [-0.05, 0) is 73.6 Å². The fourth-order valence-electron chi connectivity index (χ4n) is 7.94. The van der Waals surface area contributed by atoms with Crippen molar-refractivity contribution in [2.24, 2.45) is 5.41 Å². The predicted octanol–water partition coefficient (Wildman–Crippen LogP) is 8.57. The van der Waals surface area contributed by atoms with Crippen LogP contribution in [0.1, 0.15) is 81.0 Å². The molecule has 1 heterocycles. The number of nitrogens with one attached hydrogen (secondary N) is 1. The van der Waals surface area contributed by atoms with E-state index in [0.717, 1.165) is 38.0 Å². The Labute approximate surface area is 238 Å². The van der Waals surface area contributed by atoms with Gasteiger partial charge < -0.3 is 14.6 Å². The first-order valence-electron chi connectivity index (χ1n) is 14.8. The Morgan fingerprint density at radius 2 is 1.80 bits per heavy atom. The molecule has 0 aliphatic heterocycles. The number of rotatable bonds is 6. The first-order valence-corrected chi connectivity index (χ1v) is 14.8. The summed E-state index contributed by atoms with van der Waals surface area (Å²) in [6.07, 6.45) is 2.91. The fraction of sp³-hybridized carbons (Fsp3) is 0.417. The van der Waals surface area contributed by atoms with E-state index >= 15 is 0 Å². The van der Waals surface area contributed by atoms with Gasteiger partial charge in [-0.15, -0.1) is 0 Å². The second kappa shape index (κ2) is 9.83. The van der Waals surface area contributed by atoms with Crippen LogP contribution >= 0.6 is 0 Å². The molecule has 3 atom stereocenters. The number of benzene rings is 3. The van der Waals surface area contributed by atoms with Gasteiger partial charge in [0.15, 0.2) is 0 Å². The lowest BCUT2D eigenvalue weighted by atomic mass is 9.49. The van der Waals surface area contributed by atoms with Crippen molar-refractivity contribution in [2.75, 3.05) is 19.0 Å². The van der Waals surface area contributed by atoms with Crippen LogP contribution in [0.5, 0.6) is 0 Å². The molecule has 0 bridgehead atoms. The quantitative estimate of drug-likeness (QED) is 0.252. The molecule has 1 fully saturated rings. The van der Waals surface area contributed by atoms with E-state index in [1.807, 2.05) is 0 Å². The highest BCUT2D eigenvalue weighted by molar-refractivity contribution is 5.96. The van der Waals surface area contributed by atoms with E-state index in [4.69, 9.17) is 4.74 Å². The summed E-state index contributed by atoms with van der Waals surface area (Å²) < 4.78 is 8.04. The van der Waals surface area contributed by atoms with Crippen molar-refractivity contribution in [1.82, 2.24) is 4.57 Å². The topological polar surface area (TPSA) is 43.3 Å². The Kier molecular flexibility index (Phi) is 6.56. The zero-order valence-corrected chi connectivity index (χ0v) is 24.8. The van der Waals surface area contributed by atoms with Crippen molar-refractivity contribution < 1.29 is 9.53 Å². The molecule has 208 valence electrons. The summed E-state index contributed by atoms with van der Waals surface area (Å²) in [5.74, 6) is 0.381. The molecule has 3 aromatic carbocycles. The number of para-hydroxylation sites is 1. The van der Waals surface area contributed by atoms with Crippen LogP contribution in [0.2, 0.25) is 0 Å². The van der Waals surface area contributed by atoms with Crippen LogP contribution in [-0.2, 0) is 21.5 Å². The minimum Gasteiger partial charge on any atom is -0.469 e. The maximum absolute atomic E-state index is 13.6. The van der Waals surface area contributed by atoms with Gasteiger partial charge in [0, 0.05) is 46.6 Å². The first-order chi connectivity index (χ1) is 19.2. The number of esters is 1. The summed E-state index contributed by atoms with van der Waals surface area (Å²) >= 11 is 0. The summed E-state index contributed by atoms with van der Waals surface area (Å²) in [4.78, 5) is 13.6. The molecule has 4 aromatic rings. The van der Waals surface area contributed by atoms with Crippen LogP contribution < -0.4 is 5.32 Å². The molecule has 1 N–H and O–H groups in total. The van der Waals surface area contributed by atoms with Crippen LogP contribution in [0, 0.1) is 12.3 Å². The van der Waals surface area contributed by atoms with Gasteiger partial charge in [-0.25, -0.2) is 0 Å². The Morgan fingerprint density at radius 3 is 2.52 bits per heavy atom. The normalized spacial score (nSPS) is 23.4. The van der Waals surface area contributed by atoms with E-state index in [1.54, 1.807) is 7.11 Å². The number of hydrogen-bond acceptors (Lipinski definition) is 3. The number of aryl methyl sites for hydroxylation is 1. The van der Waals surface area contributed by atoms with Crippen LogP contribution in [-0.4, -0.2) is 24.2 Å². The van der Waals surface area contributed by atoms with Crippen molar-refractivity contribution in [3.8, 4) is 11.3 Å².